The van der Waals surface area contributed by atoms with Crippen molar-refractivity contribution in [3.63, 3.8) is 0 Å². The van der Waals surface area contributed by atoms with Crippen molar-refractivity contribution in [3.05, 3.63) is 35.9 Å². The van der Waals surface area contributed by atoms with Crippen LogP contribution in [-0.4, -0.2) is 20.3 Å². The first kappa shape index (κ1) is 10.6. The molecular formula is C11H14O3S. The fourth-order valence-corrected chi connectivity index (χ4v) is 3.00. The second kappa shape index (κ2) is 4.33. The van der Waals surface area contributed by atoms with Crippen LogP contribution in [0.2, 0.25) is 0 Å². The molecule has 82 valence electrons. The monoisotopic (exact) mass is 226 g/mol. The molecule has 1 aromatic carbocycles. The molecule has 1 saturated heterocycles. The van der Waals surface area contributed by atoms with Gasteiger partial charge in [-0.25, -0.2) is 0 Å². The first-order chi connectivity index (χ1) is 7.16. The second-order valence-electron chi connectivity index (χ2n) is 3.81. The molecule has 1 fully saturated rings. The quantitative estimate of drug-likeness (QED) is 0.721. The van der Waals surface area contributed by atoms with Gasteiger partial charge in [-0.15, -0.1) is 0 Å². The Bertz CT molecular complexity index is 411. The SMILES string of the molecule is O=S1(=O)CCCC(Cc2ccccc2)O1. The molecule has 0 aromatic heterocycles. The molecule has 0 saturated carbocycles. The second-order valence-corrected chi connectivity index (χ2v) is 5.53. The van der Waals surface area contributed by atoms with Crippen molar-refractivity contribution < 1.29 is 12.6 Å². The maximum absolute atomic E-state index is 11.2. The minimum atomic E-state index is -3.25. The van der Waals surface area contributed by atoms with E-state index in [1.807, 2.05) is 30.3 Å². The summed E-state index contributed by atoms with van der Waals surface area (Å²) in [5.41, 5.74) is 1.12. The Balaban J connectivity index is 2.01. The number of rotatable bonds is 2. The van der Waals surface area contributed by atoms with E-state index in [0.717, 1.165) is 12.0 Å². The average molecular weight is 226 g/mol. The maximum atomic E-state index is 11.2. The lowest BCUT2D eigenvalue weighted by Gasteiger charge is -2.21. The van der Waals surface area contributed by atoms with E-state index in [-0.39, 0.29) is 11.9 Å². The molecule has 15 heavy (non-hydrogen) atoms. The lowest BCUT2D eigenvalue weighted by atomic mass is 10.0. The zero-order chi connectivity index (χ0) is 10.7. The Morgan fingerprint density at radius 1 is 1.27 bits per heavy atom. The lowest BCUT2D eigenvalue weighted by molar-refractivity contribution is 0.182. The summed E-state index contributed by atoms with van der Waals surface area (Å²) in [6, 6.07) is 9.83. The molecule has 1 aromatic rings. The number of hydrogen-bond donors (Lipinski definition) is 0. The van der Waals surface area contributed by atoms with Gasteiger partial charge in [0.2, 0.25) is 0 Å². The van der Waals surface area contributed by atoms with Gasteiger partial charge in [-0.2, -0.15) is 8.42 Å². The van der Waals surface area contributed by atoms with E-state index >= 15 is 0 Å². The predicted octanol–water partition coefficient (Wildman–Crippen LogP) is 1.74. The number of benzene rings is 1. The van der Waals surface area contributed by atoms with Crippen molar-refractivity contribution in [1.29, 1.82) is 0 Å². The largest absolute Gasteiger partial charge is 0.267 e. The molecule has 1 atom stereocenters. The summed E-state index contributed by atoms with van der Waals surface area (Å²) < 4.78 is 27.5. The highest BCUT2D eigenvalue weighted by molar-refractivity contribution is 7.86. The van der Waals surface area contributed by atoms with E-state index in [1.165, 1.54) is 0 Å². The van der Waals surface area contributed by atoms with E-state index in [4.69, 9.17) is 4.18 Å². The molecule has 3 nitrogen and oxygen atoms in total. The molecule has 0 amide bonds. The van der Waals surface area contributed by atoms with E-state index in [1.54, 1.807) is 0 Å². The molecule has 1 aliphatic heterocycles. The molecule has 2 rings (SSSR count). The van der Waals surface area contributed by atoms with Gasteiger partial charge < -0.3 is 0 Å². The van der Waals surface area contributed by atoms with Gasteiger partial charge in [0, 0.05) is 6.42 Å². The Labute approximate surface area is 90.2 Å². The van der Waals surface area contributed by atoms with E-state index in [9.17, 15) is 8.42 Å². The Hall–Kier alpha value is -0.870. The first-order valence-corrected chi connectivity index (χ1v) is 6.68. The molecule has 0 spiro atoms. The van der Waals surface area contributed by atoms with Gasteiger partial charge in [-0.05, 0) is 18.4 Å². The van der Waals surface area contributed by atoms with Crippen LogP contribution in [0.5, 0.6) is 0 Å². The van der Waals surface area contributed by atoms with Gasteiger partial charge in [0.05, 0.1) is 11.9 Å². The zero-order valence-corrected chi connectivity index (χ0v) is 9.24. The molecule has 4 heteroatoms. The predicted molar refractivity (Wildman–Crippen MR) is 58.0 cm³/mol. The van der Waals surface area contributed by atoms with Crippen molar-refractivity contribution >= 4 is 10.1 Å². The van der Waals surface area contributed by atoms with Gasteiger partial charge in [0.25, 0.3) is 10.1 Å². The van der Waals surface area contributed by atoms with E-state index in [2.05, 4.69) is 0 Å². The molecule has 1 heterocycles. The number of hydrogen-bond acceptors (Lipinski definition) is 3. The van der Waals surface area contributed by atoms with Crippen LogP contribution in [0.4, 0.5) is 0 Å². The summed E-state index contributed by atoms with van der Waals surface area (Å²) in [6.07, 6.45) is 2.04. The minimum absolute atomic E-state index is 0.165. The van der Waals surface area contributed by atoms with Crippen LogP contribution in [0.25, 0.3) is 0 Å². The van der Waals surface area contributed by atoms with Crippen LogP contribution in [0.1, 0.15) is 18.4 Å². The Morgan fingerprint density at radius 3 is 2.67 bits per heavy atom. The molecule has 1 aliphatic rings. The van der Waals surface area contributed by atoms with Crippen LogP contribution in [-0.2, 0) is 20.7 Å². The molecule has 0 N–H and O–H groups in total. The molecule has 0 radical (unpaired) electrons. The molecular weight excluding hydrogens is 212 g/mol. The summed E-state index contributed by atoms with van der Waals surface area (Å²) >= 11 is 0. The summed E-state index contributed by atoms with van der Waals surface area (Å²) in [7, 11) is -3.25. The Morgan fingerprint density at radius 2 is 2.00 bits per heavy atom. The smallest absolute Gasteiger partial charge is 0.266 e. The third-order valence-corrected chi connectivity index (χ3v) is 3.86. The highest BCUT2D eigenvalue weighted by atomic mass is 32.2. The highest BCUT2D eigenvalue weighted by Gasteiger charge is 2.25. The van der Waals surface area contributed by atoms with Crippen LogP contribution in [0.15, 0.2) is 30.3 Å². The first-order valence-electron chi connectivity index (χ1n) is 5.11. The van der Waals surface area contributed by atoms with E-state index < -0.39 is 10.1 Å². The summed E-state index contributed by atoms with van der Waals surface area (Å²) in [6.45, 7) is 0. The summed E-state index contributed by atoms with van der Waals surface area (Å²) in [4.78, 5) is 0. The zero-order valence-electron chi connectivity index (χ0n) is 8.43. The van der Waals surface area contributed by atoms with Crippen LogP contribution >= 0.6 is 0 Å². The maximum Gasteiger partial charge on any atom is 0.267 e. The van der Waals surface area contributed by atoms with Crippen molar-refractivity contribution in [3.8, 4) is 0 Å². The average Bonchev–Trinajstić information content (AvgIpc) is 2.17. The summed E-state index contributed by atoms with van der Waals surface area (Å²) in [5.74, 6) is 0.165. The van der Waals surface area contributed by atoms with E-state index in [0.29, 0.717) is 12.8 Å². The molecule has 1 unspecified atom stereocenters. The minimum Gasteiger partial charge on any atom is -0.266 e. The van der Waals surface area contributed by atoms with Crippen molar-refractivity contribution in [2.24, 2.45) is 0 Å². The van der Waals surface area contributed by atoms with Crippen LogP contribution in [0.3, 0.4) is 0 Å². The third-order valence-electron chi connectivity index (χ3n) is 2.51. The Kier molecular flexibility index (Phi) is 3.07. The van der Waals surface area contributed by atoms with Gasteiger partial charge >= 0.3 is 0 Å². The van der Waals surface area contributed by atoms with Crippen LogP contribution in [0, 0.1) is 0 Å². The van der Waals surface area contributed by atoms with Gasteiger partial charge in [0.1, 0.15) is 0 Å². The molecule has 0 bridgehead atoms. The normalized spacial score (nSPS) is 24.9. The fourth-order valence-electron chi connectivity index (χ4n) is 1.80. The fraction of sp³-hybridized carbons (Fsp3) is 0.455. The van der Waals surface area contributed by atoms with Gasteiger partial charge in [0.15, 0.2) is 0 Å². The van der Waals surface area contributed by atoms with Crippen molar-refractivity contribution in [1.82, 2.24) is 0 Å². The van der Waals surface area contributed by atoms with Gasteiger partial charge in [-0.1, -0.05) is 30.3 Å². The topological polar surface area (TPSA) is 43.4 Å². The van der Waals surface area contributed by atoms with Crippen molar-refractivity contribution in [2.45, 2.75) is 25.4 Å². The van der Waals surface area contributed by atoms with Gasteiger partial charge in [-0.3, -0.25) is 4.18 Å². The van der Waals surface area contributed by atoms with Crippen LogP contribution < -0.4 is 0 Å². The van der Waals surface area contributed by atoms with Crippen molar-refractivity contribution in [2.75, 3.05) is 5.75 Å². The highest BCUT2D eigenvalue weighted by Crippen LogP contribution is 2.19. The third kappa shape index (κ3) is 3.04. The standard InChI is InChI=1S/C11H14O3S/c12-15(13)8-4-7-11(14-15)9-10-5-2-1-3-6-10/h1-3,5-6,11H,4,7-9H2. The summed E-state index contributed by atoms with van der Waals surface area (Å²) in [5, 5.41) is 0. The lowest BCUT2D eigenvalue weighted by Crippen LogP contribution is -2.28. The molecule has 0 aliphatic carbocycles.